The summed E-state index contributed by atoms with van der Waals surface area (Å²) in [6.07, 6.45) is -13.9. The summed E-state index contributed by atoms with van der Waals surface area (Å²) in [5.41, 5.74) is 5.32. The molecule has 3 atom stereocenters. The van der Waals surface area contributed by atoms with Gasteiger partial charge in [0.1, 0.15) is 6.23 Å². The summed E-state index contributed by atoms with van der Waals surface area (Å²) in [5.74, 6) is -42.9. The normalized spacial score (nSPS) is 16.7. The molecule has 0 rings (SSSR count). The van der Waals surface area contributed by atoms with E-state index in [0.29, 0.717) is 0 Å². The molecule has 0 aromatic carbocycles. The molecule has 220 valence electrons. The van der Waals surface area contributed by atoms with Gasteiger partial charge < -0.3 is 21.3 Å². The Morgan fingerprint density at radius 2 is 1.27 bits per heavy atom. The van der Waals surface area contributed by atoms with Gasteiger partial charge in [0, 0.05) is 47.6 Å². The van der Waals surface area contributed by atoms with Crippen molar-refractivity contribution in [3.05, 3.63) is 0 Å². The highest BCUT2D eigenvalue weighted by Gasteiger charge is 2.90. The molecule has 0 aliphatic rings. The van der Waals surface area contributed by atoms with E-state index in [-0.39, 0.29) is 0 Å². The number of carbonyl (C=O) groups excluding carboxylic acids is 1. The molecule has 21 heteroatoms. The van der Waals surface area contributed by atoms with E-state index in [0.717, 1.165) is 0 Å². The van der Waals surface area contributed by atoms with Crippen LogP contribution in [-0.4, -0.2) is 85.9 Å². The molecule has 0 aliphatic heterocycles. The third-order valence-corrected chi connectivity index (χ3v) is 5.81. The molecule has 0 spiro atoms. The summed E-state index contributed by atoms with van der Waals surface area (Å²) < 4.78 is 181. The van der Waals surface area contributed by atoms with Crippen LogP contribution in [0.4, 0.5) is 57.1 Å². The Morgan fingerprint density at radius 1 is 0.811 bits per heavy atom. The molecule has 3 unspecified atom stereocenters. The van der Waals surface area contributed by atoms with Gasteiger partial charge in [0.2, 0.25) is 5.91 Å². The van der Waals surface area contributed by atoms with Gasteiger partial charge in [-0.25, -0.2) is 0 Å². The summed E-state index contributed by atoms with van der Waals surface area (Å²) in [6, 6.07) is -1.13. The van der Waals surface area contributed by atoms with E-state index in [9.17, 15) is 76.0 Å². The topological polar surface area (TPSA) is 130 Å². The standard InChI is InChI=1S/C16H19F13N2O5S/c17-11(18,12(19,20)13(21,22)14(23,24)15(25,26)16(27,28)29)2-4-37(36)3-1-8(32)31-9(33)5-7(30)6-10(34)35/h7,9,33H,1-6,30H2,(H,31,32)(H,34,35). The number of rotatable bonds is 15. The average molecular weight is 598 g/mol. The number of hydrogen-bond acceptors (Lipinski definition) is 5. The van der Waals surface area contributed by atoms with Gasteiger partial charge >= 0.3 is 41.8 Å². The van der Waals surface area contributed by atoms with Crippen molar-refractivity contribution in [2.75, 3.05) is 11.5 Å². The van der Waals surface area contributed by atoms with Crippen molar-refractivity contribution in [2.45, 2.75) is 73.7 Å². The zero-order chi connectivity index (χ0) is 29.8. The summed E-state index contributed by atoms with van der Waals surface area (Å²) in [7, 11) is -2.75. The lowest BCUT2D eigenvalue weighted by Crippen LogP contribution is -2.70. The first-order valence-electron chi connectivity index (χ1n) is 9.50. The molecule has 0 aromatic heterocycles. The van der Waals surface area contributed by atoms with Gasteiger partial charge in [0.25, 0.3) is 0 Å². The zero-order valence-electron chi connectivity index (χ0n) is 17.9. The van der Waals surface area contributed by atoms with Crippen molar-refractivity contribution in [3.8, 4) is 0 Å². The summed E-state index contributed by atoms with van der Waals surface area (Å²) in [4.78, 5) is 22.0. The van der Waals surface area contributed by atoms with E-state index in [1.165, 1.54) is 0 Å². The molecular weight excluding hydrogens is 579 g/mol. The lowest BCUT2D eigenvalue weighted by atomic mass is 9.93. The van der Waals surface area contributed by atoms with Gasteiger partial charge in [0.15, 0.2) is 0 Å². The Bertz CT molecular complexity index is 838. The van der Waals surface area contributed by atoms with Crippen molar-refractivity contribution >= 4 is 22.7 Å². The van der Waals surface area contributed by atoms with Crippen LogP contribution in [0.15, 0.2) is 0 Å². The predicted octanol–water partition coefficient (Wildman–Crippen LogP) is 2.88. The Labute approximate surface area is 201 Å². The molecule has 5 N–H and O–H groups in total. The molecule has 0 bridgehead atoms. The maximum absolute atomic E-state index is 13.7. The number of amides is 1. The fraction of sp³-hybridized carbons (Fsp3) is 0.875. The second-order valence-corrected chi connectivity index (χ2v) is 9.22. The lowest BCUT2D eigenvalue weighted by Gasteiger charge is -2.39. The highest BCUT2D eigenvalue weighted by atomic mass is 32.2. The first kappa shape index (κ1) is 35.1. The number of aliphatic carboxylic acids is 1. The largest absolute Gasteiger partial charge is 0.481 e. The number of aliphatic hydroxyl groups is 1. The van der Waals surface area contributed by atoms with Crippen LogP contribution < -0.4 is 11.1 Å². The first-order valence-corrected chi connectivity index (χ1v) is 11.0. The second-order valence-electron chi connectivity index (χ2n) is 7.52. The summed E-state index contributed by atoms with van der Waals surface area (Å²) in [6.45, 7) is 0. The van der Waals surface area contributed by atoms with Crippen LogP contribution >= 0.6 is 0 Å². The average Bonchev–Trinajstić information content (AvgIpc) is 2.68. The Hall–Kier alpha value is -1.90. The number of carbonyl (C=O) groups is 2. The van der Waals surface area contributed by atoms with Crippen LogP contribution in [0, 0.1) is 0 Å². The number of hydrogen-bond donors (Lipinski definition) is 4. The van der Waals surface area contributed by atoms with Gasteiger partial charge in [0.05, 0.1) is 6.42 Å². The van der Waals surface area contributed by atoms with Crippen molar-refractivity contribution in [1.29, 1.82) is 0 Å². The molecule has 1 amide bonds. The van der Waals surface area contributed by atoms with Crippen LogP contribution in [0.3, 0.4) is 0 Å². The molecule has 7 nitrogen and oxygen atoms in total. The summed E-state index contributed by atoms with van der Waals surface area (Å²) in [5, 5.41) is 19.8. The highest BCUT2D eigenvalue weighted by molar-refractivity contribution is 7.84. The number of halogens is 13. The van der Waals surface area contributed by atoms with Crippen LogP contribution in [0.1, 0.15) is 25.7 Å². The third kappa shape index (κ3) is 8.04. The minimum Gasteiger partial charge on any atom is -0.481 e. The van der Waals surface area contributed by atoms with Crippen molar-refractivity contribution in [3.63, 3.8) is 0 Å². The van der Waals surface area contributed by atoms with Gasteiger partial charge in [-0.05, 0) is 0 Å². The minimum absolute atomic E-state index is 0.491. The SMILES string of the molecule is NC(CC(=O)O)CC(O)NC(=O)CCS(=O)CCC(F)(F)C(F)(F)C(F)(F)C(F)(F)C(F)(F)C(F)(F)F. The molecule has 0 fully saturated rings. The van der Waals surface area contributed by atoms with Crippen molar-refractivity contribution in [1.82, 2.24) is 5.32 Å². The Morgan fingerprint density at radius 3 is 1.70 bits per heavy atom. The van der Waals surface area contributed by atoms with Crippen molar-refractivity contribution < 1.29 is 81.1 Å². The fourth-order valence-electron chi connectivity index (χ4n) is 2.42. The Kier molecular flexibility index (Phi) is 11.3. The number of alkyl halides is 13. The molecular formula is C16H19F13N2O5S. The maximum atomic E-state index is 13.7. The lowest BCUT2D eigenvalue weighted by molar-refractivity contribution is -0.439. The van der Waals surface area contributed by atoms with Gasteiger partial charge in [-0.15, -0.1) is 0 Å². The smallest absolute Gasteiger partial charge is 0.460 e. The van der Waals surface area contributed by atoms with Crippen LogP contribution in [0.2, 0.25) is 0 Å². The van der Waals surface area contributed by atoms with Crippen LogP contribution in [-0.2, 0) is 20.4 Å². The molecule has 0 saturated carbocycles. The van der Waals surface area contributed by atoms with Crippen molar-refractivity contribution in [2.24, 2.45) is 5.73 Å². The second kappa shape index (κ2) is 11.9. The molecule has 0 heterocycles. The van der Waals surface area contributed by atoms with Gasteiger partial charge in [-0.3, -0.25) is 13.8 Å². The monoisotopic (exact) mass is 598 g/mol. The highest BCUT2D eigenvalue weighted by Crippen LogP contribution is 2.60. The molecule has 0 aromatic rings. The van der Waals surface area contributed by atoms with E-state index in [1.54, 1.807) is 5.32 Å². The zero-order valence-corrected chi connectivity index (χ0v) is 18.7. The fourth-order valence-corrected chi connectivity index (χ4v) is 3.52. The molecule has 0 aliphatic carbocycles. The van der Waals surface area contributed by atoms with Crippen LogP contribution in [0.5, 0.6) is 0 Å². The number of carboxylic acids is 1. The predicted molar refractivity (Wildman–Crippen MR) is 96.9 cm³/mol. The van der Waals surface area contributed by atoms with Crippen LogP contribution in [0.25, 0.3) is 0 Å². The number of aliphatic hydroxyl groups excluding tert-OH is 1. The maximum Gasteiger partial charge on any atom is 0.460 e. The third-order valence-electron chi connectivity index (χ3n) is 4.49. The molecule has 37 heavy (non-hydrogen) atoms. The summed E-state index contributed by atoms with van der Waals surface area (Å²) >= 11 is 0. The number of nitrogens with one attached hydrogen (secondary N) is 1. The number of carboxylic acid groups (broad SMARTS) is 1. The number of nitrogens with two attached hydrogens (primary N) is 1. The van der Waals surface area contributed by atoms with E-state index < -0.39 is 108 Å². The van der Waals surface area contributed by atoms with E-state index in [1.807, 2.05) is 0 Å². The van der Waals surface area contributed by atoms with E-state index >= 15 is 0 Å². The van der Waals surface area contributed by atoms with E-state index in [4.69, 9.17) is 10.8 Å². The Balaban J connectivity index is 5.19. The minimum atomic E-state index is -8.03. The molecule has 0 radical (unpaired) electrons. The quantitative estimate of drug-likeness (QED) is 0.170. The molecule has 0 saturated heterocycles. The van der Waals surface area contributed by atoms with Gasteiger partial charge in [-0.2, -0.15) is 57.1 Å². The first-order chi connectivity index (χ1) is 16.2. The van der Waals surface area contributed by atoms with E-state index in [2.05, 4.69) is 0 Å². The van der Waals surface area contributed by atoms with Gasteiger partial charge in [-0.1, -0.05) is 0 Å².